The molecule has 3 rings (SSSR count). The summed E-state index contributed by atoms with van der Waals surface area (Å²) in [5.41, 5.74) is 1.85. The number of hydrogen-bond donors (Lipinski definition) is 1. The fourth-order valence-corrected chi connectivity index (χ4v) is 2.60. The Morgan fingerprint density at radius 1 is 1.39 bits per heavy atom. The Balaban J connectivity index is 1.97. The molecule has 1 aromatic carbocycles. The fraction of sp³-hybridized carbons (Fsp3) is 0.286. The molecule has 1 fully saturated rings. The maximum absolute atomic E-state index is 11.9. The quantitative estimate of drug-likeness (QED) is 0.840. The normalized spacial score (nSPS) is 19.7. The Hall–Kier alpha value is -1.55. The van der Waals surface area contributed by atoms with Crippen molar-refractivity contribution in [2.45, 2.75) is 6.42 Å². The summed E-state index contributed by atoms with van der Waals surface area (Å²) in [6.07, 6.45) is 2.37. The Bertz CT molecular complexity index is 599. The van der Waals surface area contributed by atoms with E-state index in [1.54, 1.807) is 6.20 Å². The third-order valence-corrected chi connectivity index (χ3v) is 3.87. The number of thiol groups is 1. The molecule has 0 spiro atoms. The van der Waals surface area contributed by atoms with E-state index < -0.39 is 0 Å². The van der Waals surface area contributed by atoms with Crippen molar-refractivity contribution < 1.29 is 4.79 Å². The van der Waals surface area contributed by atoms with Crippen molar-refractivity contribution in [3.8, 4) is 0 Å². The maximum atomic E-state index is 11.9. The highest BCUT2D eigenvalue weighted by molar-refractivity contribution is 7.80. The van der Waals surface area contributed by atoms with Crippen molar-refractivity contribution >= 4 is 35.1 Å². The van der Waals surface area contributed by atoms with Crippen LogP contribution in [0.4, 0.5) is 5.69 Å². The third-order valence-electron chi connectivity index (χ3n) is 3.35. The van der Waals surface area contributed by atoms with Crippen LogP contribution in [0.1, 0.15) is 6.42 Å². The van der Waals surface area contributed by atoms with Crippen molar-refractivity contribution in [3.63, 3.8) is 0 Å². The van der Waals surface area contributed by atoms with E-state index in [-0.39, 0.29) is 5.91 Å². The van der Waals surface area contributed by atoms with E-state index in [0.29, 0.717) is 12.3 Å². The van der Waals surface area contributed by atoms with E-state index in [4.69, 9.17) is 0 Å². The van der Waals surface area contributed by atoms with Crippen LogP contribution in [0, 0.1) is 5.92 Å². The van der Waals surface area contributed by atoms with Gasteiger partial charge in [0.25, 0.3) is 0 Å². The van der Waals surface area contributed by atoms with Gasteiger partial charge in [-0.05, 0) is 23.8 Å². The summed E-state index contributed by atoms with van der Waals surface area (Å²) in [6, 6.07) is 9.97. The summed E-state index contributed by atoms with van der Waals surface area (Å²) in [4.78, 5) is 18.2. The van der Waals surface area contributed by atoms with E-state index in [9.17, 15) is 4.79 Å². The topological polar surface area (TPSA) is 33.2 Å². The molecule has 0 bridgehead atoms. The van der Waals surface area contributed by atoms with Crippen LogP contribution in [0.25, 0.3) is 10.9 Å². The van der Waals surface area contributed by atoms with Gasteiger partial charge >= 0.3 is 0 Å². The van der Waals surface area contributed by atoms with Gasteiger partial charge in [0.15, 0.2) is 0 Å². The molecular weight excluding hydrogens is 244 g/mol. The molecule has 1 aliphatic heterocycles. The highest BCUT2D eigenvalue weighted by Crippen LogP contribution is 2.27. The van der Waals surface area contributed by atoms with Crippen LogP contribution in [0.3, 0.4) is 0 Å². The molecule has 92 valence electrons. The van der Waals surface area contributed by atoms with E-state index in [0.717, 1.165) is 28.9 Å². The largest absolute Gasteiger partial charge is 0.311 e. The average Bonchev–Trinajstić information content (AvgIpc) is 2.79. The number of nitrogens with zero attached hydrogens (tertiary/aromatic N) is 2. The van der Waals surface area contributed by atoms with Gasteiger partial charge < -0.3 is 4.90 Å². The second-order valence-electron chi connectivity index (χ2n) is 4.64. The van der Waals surface area contributed by atoms with Crippen molar-refractivity contribution in [1.29, 1.82) is 0 Å². The Kier molecular flexibility index (Phi) is 2.96. The van der Waals surface area contributed by atoms with Gasteiger partial charge in [0.05, 0.1) is 17.4 Å². The Morgan fingerprint density at radius 3 is 3.00 bits per heavy atom. The number of para-hydroxylation sites is 1. The molecule has 1 unspecified atom stereocenters. The van der Waals surface area contributed by atoms with Crippen LogP contribution in [-0.4, -0.2) is 23.2 Å². The molecule has 1 aromatic heterocycles. The second kappa shape index (κ2) is 4.61. The molecule has 0 saturated carbocycles. The first kappa shape index (κ1) is 11.5. The van der Waals surface area contributed by atoms with Crippen molar-refractivity contribution in [2.75, 3.05) is 17.2 Å². The van der Waals surface area contributed by atoms with Gasteiger partial charge in [0, 0.05) is 18.4 Å². The van der Waals surface area contributed by atoms with Gasteiger partial charge in [-0.25, -0.2) is 0 Å². The fourth-order valence-electron chi connectivity index (χ4n) is 2.36. The van der Waals surface area contributed by atoms with Crippen molar-refractivity contribution in [1.82, 2.24) is 4.98 Å². The van der Waals surface area contributed by atoms with E-state index in [1.807, 2.05) is 35.2 Å². The maximum Gasteiger partial charge on any atom is 0.227 e. The number of rotatable bonds is 2. The highest BCUT2D eigenvalue weighted by Gasteiger charge is 2.29. The zero-order chi connectivity index (χ0) is 12.5. The van der Waals surface area contributed by atoms with Crippen LogP contribution < -0.4 is 4.90 Å². The van der Waals surface area contributed by atoms with Gasteiger partial charge in [-0.15, -0.1) is 0 Å². The summed E-state index contributed by atoms with van der Waals surface area (Å²) in [6.45, 7) is 0.752. The highest BCUT2D eigenvalue weighted by atomic mass is 32.1. The molecule has 0 N–H and O–H groups in total. The van der Waals surface area contributed by atoms with Gasteiger partial charge in [-0.3, -0.25) is 9.78 Å². The number of hydrogen-bond acceptors (Lipinski definition) is 3. The summed E-state index contributed by atoms with van der Waals surface area (Å²) < 4.78 is 0. The molecule has 1 aliphatic rings. The first-order chi connectivity index (χ1) is 8.78. The third kappa shape index (κ3) is 1.97. The molecule has 18 heavy (non-hydrogen) atoms. The summed E-state index contributed by atoms with van der Waals surface area (Å²) in [5.74, 6) is 1.28. The molecule has 1 saturated heterocycles. The van der Waals surface area contributed by atoms with E-state index in [1.165, 1.54) is 0 Å². The number of amides is 1. The minimum Gasteiger partial charge on any atom is -0.311 e. The number of anilines is 1. The number of fused-ring (bicyclic) bond motifs is 1. The van der Waals surface area contributed by atoms with Gasteiger partial charge in [-0.1, -0.05) is 18.2 Å². The molecule has 1 amide bonds. The monoisotopic (exact) mass is 258 g/mol. The van der Waals surface area contributed by atoms with Crippen molar-refractivity contribution in [3.05, 3.63) is 36.5 Å². The lowest BCUT2D eigenvalue weighted by molar-refractivity contribution is -0.117. The lowest BCUT2D eigenvalue weighted by Crippen LogP contribution is -2.24. The SMILES string of the molecule is O=C1CC(CS)CN1c1cnc2ccccc2c1. The molecule has 1 atom stereocenters. The number of benzene rings is 1. The summed E-state index contributed by atoms with van der Waals surface area (Å²) in [7, 11) is 0. The first-order valence-electron chi connectivity index (χ1n) is 6.04. The van der Waals surface area contributed by atoms with Gasteiger partial charge in [-0.2, -0.15) is 12.6 Å². The van der Waals surface area contributed by atoms with Crippen LogP contribution in [0.2, 0.25) is 0 Å². The zero-order valence-corrected chi connectivity index (χ0v) is 10.8. The minimum absolute atomic E-state index is 0.172. The molecule has 2 heterocycles. The van der Waals surface area contributed by atoms with Crippen molar-refractivity contribution in [2.24, 2.45) is 5.92 Å². The van der Waals surface area contributed by atoms with Crippen LogP contribution in [0.5, 0.6) is 0 Å². The molecule has 4 heteroatoms. The van der Waals surface area contributed by atoms with Crippen LogP contribution >= 0.6 is 12.6 Å². The van der Waals surface area contributed by atoms with Crippen LogP contribution in [0.15, 0.2) is 36.5 Å². The lowest BCUT2D eigenvalue weighted by atomic mass is 10.1. The first-order valence-corrected chi connectivity index (χ1v) is 6.67. The number of aromatic nitrogens is 1. The summed E-state index contributed by atoms with van der Waals surface area (Å²) in [5, 5.41) is 1.07. The number of pyridine rings is 1. The minimum atomic E-state index is 0.172. The lowest BCUT2D eigenvalue weighted by Gasteiger charge is -2.16. The number of carbonyl (C=O) groups excluding carboxylic acids is 1. The second-order valence-corrected chi connectivity index (χ2v) is 5.01. The van der Waals surface area contributed by atoms with E-state index in [2.05, 4.69) is 17.6 Å². The predicted octanol–water partition coefficient (Wildman–Crippen LogP) is 2.52. The molecule has 0 aliphatic carbocycles. The van der Waals surface area contributed by atoms with E-state index >= 15 is 0 Å². The summed E-state index contributed by atoms with van der Waals surface area (Å²) >= 11 is 4.27. The van der Waals surface area contributed by atoms with Gasteiger partial charge in [0.1, 0.15) is 0 Å². The number of carbonyl (C=O) groups is 1. The molecule has 2 aromatic rings. The predicted molar refractivity (Wildman–Crippen MR) is 76.1 cm³/mol. The molecule has 3 nitrogen and oxygen atoms in total. The Morgan fingerprint density at radius 2 is 2.22 bits per heavy atom. The van der Waals surface area contributed by atoms with Crippen LogP contribution in [-0.2, 0) is 4.79 Å². The molecular formula is C14H14N2OS. The Labute approximate surface area is 111 Å². The molecule has 0 radical (unpaired) electrons. The zero-order valence-electron chi connectivity index (χ0n) is 9.91. The van der Waals surface area contributed by atoms with Gasteiger partial charge in [0.2, 0.25) is 5.91 Å². The smallest absolute Gasteiger partial charge is 0.227 e. The standard InChI is InChI=1S/C14H14N2OS/c17-14-5-10(9-18)8-16(14)12-6-11-3-1-2-4-13(11)15-7-12/h1-4,6-7,10,18H,5,8-9H2. The average molecular weight is 258 g/mol.